The first kappa shape index (κ1) is 25.9. The van der Waals surface area contributed by atoms with Crippen molar-refractivity contribution in [3.63, 3.8) is 0 Å². The van der Waals surface area contributed by atoms with Gasteiger partial charge in [0, 0.05) is 44.3 Å². The predicted molar refractivity (Wildman–Crippen MR) is 130 cm³/mol. The van der Waals surface area contributed by atoms with Crippen molar-refractivity contribution in [2.45, 2.75) is 12.2 Å². The van der Waals surface area contributed by atoms with Crippen LogP contribution < -0.4 is 15.5 Å². The van der Waals surface area contributed by atoms with E-state index in [-0.39, 0.29) is 16.9 Å². The van der Waals surface area contributed by atoms with Gasteiger partial charge in [0.1, 0.15) is 6.04 Å². The summed E-state index contributed by atoms with van der Waals surface area (Å²) in [6.07, 6.45) is -1.24. The largest absolute Gasteiger partial charge is 0.416 e. The highest BCUT2D eigenvalue weighted by Gasteiger charge is 2.31. The molecule has 1 aliphatic rings. The van der Waals surface area contributed by atoms with E-state index < -0.39 is 36.2 Å². The summed E-state index contributed by atoms with van der Waals surface area (Å²) in [6, 6.07) is 11.4. The van der Waals surface area contributed by atoms with E-state index in [4.69, 9.17) is 0 Å². The minimum atomic E-state index is -4.51. The van der Waals surface area contributed by atoms with Gasteiger partial charge in [-0.1, -0.05) is 18.2 Å². The Bertz CT molecular complexity index is 1230. The number of alkyl halides is 3. The Morgan fingerprint density at radius 2 is 1.68 bits per heavy atom. The van der Waals surface area contributed by atoms with E-state index in [1.165, 1.54) is 24.3 Å². The molecule has 0 saturated carbocycles. The Morgan fingerprint density at radius 3 is 2.35 bits per heavy atom. The van der Waals surface area contributed by atoms with E-state index >= 15 is 0 Å². The molecule has 1 aromatic heterocycles. The number of anilines is 3. The number of rotatable bonds is 7. The Kier molecular flexibility index (Phi) is 7.87. The zero-order valence-corrected chi connectivity index (χ0v) is 19.7. The molecule has 1 unspecified atom stereocenters. The van der Waals surface area contributed by atoms with Crippen LogP contribution in [-0.4, -0.2) is 70.6 Å². The number of amides is 2. The highest BCUT2D eigenvalue weighted by molar-refractivity contribution is 6.02. The molecule has 3 N–H and O–H groups in total. The quantitative estimate of drug-likeness (QED) is 0.445. The molecule has 3 aromatic rings. The molecule has 4 rings (SSSR count). The fourth-order valence-electron chi connectivity index (χ4n) is 3.94. The number of hydrogen-bond donors (Lipinski definition) is 3. The summed E-state index contributed by atoms with van der Waals surface area (Å²) in [5.41, 5.74) is -0.327. The summed E-state index contributed by atoms with van der Waals surface area (Å²) < 4.78 is 39.2. The molecule has 37 heavy (non-hydrogen) atoms. The van der Waals surface area contributed by atoms with Gasteiger partial charge in [-0.05, 0) is 36.4 Å². The monoisotopic (exact) mass is 514 g/mol. The van der Waals surface area contributed by atoms with Crippen molar-refractivity contribution in [3.8, 4) is 0 Å². The Morgan fingerprint density at radius 1 is 0.973 bits per heavy atom. The molecule has 12 heteroatoms. The molecule has 0 bridgehead atoms. The Balaban J connectivity index is 1.41. The van der Waals surface area contributed by atoms with Gasteiger partial charge in [-0.3, -0.25) is 9.59 Å². The maximum atomic E-state index is 13.1. The van der Waals surface area contributed by atoms with Crippen LogP contribution in [0.2, 0.25) is 0 Å². The fourth-order valence-corrected chi connectivity index (χ4v) is 3.94. The number of carbonyl (C=O) groups is 2. The molecule has 1 atom stereocenters. The summed E-state index contributed by atoms with van der Waals surface area (Å²) in [7, 11) is 0. The summed E-state index contributed by atoms with van der Waals surface area (Å²) in [5.74, 6) is -0.530. The number of carbonyl (C=O) groups excluding carboxylic acids is 2. The molecular formula is C25H25F3N6O3. The Labute approximate surface area is 210 Å². The lowest BCUT2D eigenvalue weighted by Gasteiger charge is -2.36. The highest BCUT2D eigenvalue weighted by Crippen LogP contribution is 2.32. The van der Waals surface area contributed by atoms with Crippen molar-refractivity contribution in [2.24, 2.45) is 0 Å². The maximum Gasteiger partial charge on any atom is 0.416 e. The lowest BCUT2D eigenvalue weighted by molar-refractivity contribution is -0.137. The molecular weight excluding hydrogens is 489 g/mol. The molecule has 2 amide bonds. The number of hydrogen-bond acceptors (Lipinski definition) is 7. The molecule has 9 nitrogen and oxygen atoms in total. The van der Waals surface area contributed by atoms with Crippen molar-refractivity contribution in [1.82, 2.24) is 20.2 Å². The number of aliphatic hydroxyl groups is 1. The second-order valence-electron chi connectivity index (χ2n) is 8.32. The number of para-hydroxylation sites is 1. The SMILES string of the molecule is O=C(NC(CO)C(=O)N1CCN(c2ncccn2)CC1)c1ccccc1Nc1cccc(C(F)(F)F)c1. The minimum Gasteiger partial charge on any atom is -0.394 e. The zero-order valence-electron chi connectivity index (χ0n) is 19.7. The number of nitrogens with one attached hydrogen (secondary N) is 2. The van der Waals surface area contributed by atoms with Gasteiger partial charge in [-0.2, -0.15) is 13.2 Å². The van der Waals surface area contributed by atoms with Crippen LogP contribution in [-0.2, 0) is 11.0 Å². The van der Waals surface area contributed by atoms with Gasteiger partial charge >= 0.3 is 6.18 Å². The van der Waals surface area contributed by atoms with Crippen molar-refractivity contribution in [1.29, 1.82) is 0 Å². The standard InChI is InChI=1S/C25H25F3N6O3/c26-25(27,28)17-5-3-6-18(15-17)31-20-8-2-1-7-19(20)22(36)32-21(16-35)23(37)33-11-13-34(14-12-33)24-29-9-4-10-30-24/h1-10,15,21,31,35H,11-14,16H2,(H,32,36). The molecule has 0 aliphatic carbocycles. The van der Waals surface area contributed by atoms with E-state index in [0.29, 0.717) is 32.1 Å². The van der Waals surface area contributed by atoms with Gasteiger partial charge in [-0.15, -0.1) is 0 Å². The van der Waals surface area contributed by atoms with Crippen molar-refractivity contribution in [3.05, 3.63) is 78.1 Å². The van der Waals surface area contributed by atoms with Crippen LogP contribution in [0.1, 0.15) is 15.9 Å². The number of aromatic nitrogens is 2. The molecule has 1 fully saturated rings. The van der Waals surface area contributed by atoms with E-state index in [0.717, 1.165) is 12.1 Å². The van der Waals surface area contributed by atoms with Gasteiger partial charge in [0.25, 0.3) is 5.91 Å². The first-order chi connectivity index (χ1) is 17.8. The Hall–Kier alpha value is -4.19. The molecule has 0 radical (unpaired) electrons. The van der Waals surface area contributed by atoms with Crippen molar-refractivity contribution < 1.29 is 27.9 Å². The summed E-state index contributed by atoms with van der Waals surface area (Å²) >= 11 is 0. The topological polar surface area (TPSA) is 111 Å². The lowest BCUT2D eigenvalue weighted by Crippen LogP contribution is -2.56. The van der Waals surface area contributed by atoms with Crippen LogP contribution in [0.3, 0.4) is 0 Å². The smallest absolute Gasteiger partial charge is 0.394 e. The van der Waals surface area contributed by atoms with E-state index in [1.807, 2.05) is 4.90 Å². The van der Waals surface area contributed by atoms with Crippen molar-refractivity contribution >= 4 is 29.1 Å². The van der Waals surface area contributed by atoms with E-state index in [1.54, 1.807) is 35.5 Å². The van der Waals surface area contributed by atoms with E-state index in [2.05, 4.69) is 20.6 Å². The molecule has 1 saturated heterocycles. The van der Waals surface area contributed by atoms with Gasteiger partial charge in [0.15, 0.2) is 0 Å². The van der Waals surface area contributed by atoms with Crippen LogP contribution in [0, 0.1) is 0 Å². The molecule has 2 aromatic carbocycles. The fraction of sp³-hybridized carbons (Fsp3) is 0.280. The summed E-state index contributed by atoms with van der Waals surface area (Å²) in [5, 5.41) is 15.2. The van der Waals surface area contributed by atoms with Crippen LogP contribution in [0.15, 0.2) is 67.0 Å². The second-order valence-corrected chi connectivity index (χ2v) is 8.32. The third kappa shape index (κ3) is 6.33. The van der Waals surface area contributed by atoms with Crippen LogP contribution in [0.4, 0.5) is 30.5 Å². The normalized spacial score (nSPS) is 14.7. The highest BCUT2D eigenvalue weighted by atomic mass is 19.4. The van der Waals surface area contributed by atoms with Gasteiger partial charge in [-0.25, -0.2) is 9.97 Å². The second kappa shape index (κ2) is 11.2. The van der Waals surface area contributed by atoms with E-state index in [9.17, 15) is 27.9 Å². The molecule has 1 aliphatic heterocycles. The summed E-state index contributed by atoms with van der Waals surface area (Å²) in [6.45, 7) is 1.08. The van der Waals surface area contributed by atoms with Gasteiger partial charge in [0.05, 0.1) is 23.4 Å². The predicted octanol–water partition coefficient (Wildman–Crippen LogP) is 2.68. The third-order valence-corrected chi connectivity index (χ3v) is 5.85. The first-order valence-corrected chi connectivity index (χ1v) is 11.5. The van der Waals surface area contributed by atoms with Crippen LogP contribution >= 0.6 is 0 Å². The number of benzene rings is 2. The minimum absolute atomic E-state index is 0.109. The van der Waals surface area contributed by atoms with Crippen LogP contribution in [0.25, 0.3) is 0 Å². The van der Waals surface area contributed by atoms with Crippen molar-refractivity contribution in [2.75, 3.05) is 43.0 Å². The molecule has 0 spiro atoms. The van der Waals surface area contributed by atoms with Crippen LogP contribution in [0.5, 0.6) is 0 Å². The average molecular weight is 515 g/mol. The number of nitrogens with zero attached hydrogens (tertiary/aromatic N) is 4. The first-order valence-electron chi connectivity index (χ1n) is 11.5. The van der Waals surface area contributed by atoms with Gasteiger partial charge < -0.3 is 25.5 Å². The zero-order chi connectivity index (χ0) is 26.4. The summed E-state index contributed by atoms with van der Waals surface area (Å²) in [4.78, 5) is 38.0. The number of halogens is 3. The lowest BCUT2D eigenvalue weighted by atomic mass is 10.1. The number of piperazine rings is 1. The number of aliphatic hydroxyl groups excluding tert-OH is 1. The molecule has 2 heterocycles. The average Bonchev–Trinajstić information content (AvgIpc) is 2.92. The third-order valence-electron chi connectivity index (χ3n) is 5.85. The maximum absolute atomic E-state index is 13.1. The van der Waals surface area contributed by atoms with Gasteiger partial charge in [0.2, 0.25) is 11.9 Å². The molecule has 194 valence electrons.